The van der Waals surface area contributed by atoms with E-state index in [1.165, 1.54) is 24.1 Å². The Balaban J connectivity index is 1.56. The first-order chi connectivity index (χ1) is 9.81. The van der Waals surface area contributed by atoms with Gasteiger partial charge in [-0.3, -0.25) is 9.67 Å². The van der Waals surface area contributed by atoms with Crippen molar-refractivity contribution in [1.29, 1.82) is 0 Å². The minimum absolute atomic E-state index is 0.456. The summed E-state index contributed by atoms with van der Waals surface area (Å²) in [6, 6.07) is 0.456. The van der Waals surface area contributed by atoms with Crippen molar-refractivity contribution in [2.45, 2.75) is 38.1 Å². The van der Waals surface area contributed by atoms with Crippen molar-refractivity contribution in [2.24, 2.45) is 0 Å². The predicted molar refractivity (Wildman–Crippen MR) is 76.8 cm³/mol. The summed E-state index contributed by atoms with van der Waals surface area (Å²) in [5.74, 6) is 1.74. The van der Waals surface area contributed by atoms with Crippen LogP contribution in [0.5, 0.6) is 0 Å². The molecule has 104 valence electrons. The van der Waals surface area contributed by atoms with Crippen molar-refractivity contribution in [2.75, 3.05) is 18.0 Å². The molecular formula is C15H19N5. The molecule has 0 aromatic carbocycles. The van der Waals surface area contributed by atoms with E-state index in [0.717, 1.165) is 25.3 Å². The van der Waals surface area contributed by atoms with E-state index in [0.29, 0.717) is 12.0 Å². The summed E-state index contributed by atoms with van der Waals surface area (Å²) in [5, 5.41) is 4.45. The molecule has 0 amide bonds. The first-order valence-electron chi connectivity index (χ1n) is 7.38. The lowest BCUT2D eigenvalue weighted by molar-refractivity contribution is 0.494. The molecule has 5 nitrogen and oxygen atoms in total. The van der Waals surface area contributed by atoms with Gasteiger partial charge in [-0.2, -0.15) is 5.10 Å². The molecule has 1 atom stereocenters. The fraction of sp³-hybridized carbons (Fsp3) is 0.533. The van der Waals surface area contributed by atoms with Crippen LogP contribution in [0.2, 0.25) is 0 Å². The Morgan fingerprint density at radius 3 is 2.75 bits per heavy atom. The monoisotopic (exact) mass is 269 g/mol. The summed E-state index contributed by atoms with van der Waals surface area (Å²) < 4.78 is 2.10. The largest absolute Gasteiger partial charge is 0.353 e. The molecule has 0 spiro atoms. The molecular weight excluding hydrogens is 250 g/mol. The fourth-order valence-corrected chi connectivity index (χ4v) is 3.01. The lowest BCUT2D eigenvalue weighted by atomic mass is 10.2. The van der Waals surface area contributed by atoms with Crippen LogP contribution in [0, 0.1) is 6.92 Å². The van der Waals surface area contributed by atoms with E-state index in [1.54, 1.807) is 0 Å². The fourth-order valence-electron chi connectivity index (χ4n) is 3.01. The van der Waals surface area contributed by atoms with E-state index in [2.05, 4.69) is 37.8 Å². The molecule has 0 bridgehead atoms. The maximum Gasteiger partial charge on any atom is 0.150 e. The van der Waals surface area contributed by atoms with Gasteiger partial charge in [0, 0.05) is 37.6 Å². The van der Waals surface area contributed by atoms with Crippen molar-refractivity contribution < 1.29 is 0 Å². The van der Waals surface area contributed by atoms with E-state index in [9.17, 15) is 0 Å². The summed E-state index contributed by atoms with van der Waals surface area (Å²) in [6.45, 7) is 4.12. The molecule has 0 radical (unpaired) electrons. The van der Waals surface area contributed by atoms with Gasteiger partial charge in [-0.05, 0) is 31.7 Å². The molecule has 2 aromatic rings. The number of hydrogen-bond acceptors (Lipinski definition) is 4. The van der Waals surface area contributed by atoms with Crippen molar-refractivity contribution in [3.8, 4) is 0 Å². The SMILES string of the molecule is Cc1cnn(C2CCN(c3nccnc3C3CC3)C2)c1. The molecule has 1 aliphatic carbocycles. The van der Waals surface area contributed by atoms with Crippen LogP contribution in [0.1, 0.15) is 42.5 Å². The smallest absolute Gasteiger partial charge is 0.150 e. The molecule has 0 N–H and O–H groups in total. The van der Waals surface area contributed by atoms with E-state index in [1.807, 2.05) is 18.6 Å². The Hall–Kier alpha value is -1.91. The second kappa shape index (κ2) is 4.58. The zero-order valence-corrected chi connectivity index (χ0v) is 11.7. The lowest BCUT2D eigenvalue weighted by Gasteiger charge is -2.19. The normalized spacial score (nSPS) is 22.4. The van der Waals surface area contributed by atoms with Crippen molar-refractivity contribution in [1.82, 2.24) is 19.7 Å². The first kappa shape index (κ1) is 11.9. The van der Waals surface area contributed by atoms with Crippen LogP contribution in [0.15, 0.2) is 24.8 Å². The van der Waals surface area contributed by atoms with Gasteiger partial charge in [0.1, 0.15) is 0 Å². The summed E-state index contributed by atoms with van der Waals surface area (Å²) in [5.41, 5.74) is 2.42. The third-order valence-electron chi connectivity index (χ3n) is 4.24. The van der Waals surface area contributed by atoms with Crippen molar-refractivity contribution >= 4 is 5.82 Å². The summed E-state index contributed by atoms with van der Waals surface area (Å²) in [7, 11) is 0. The molecule has 3 heterocycles. The minimum atomic E-state index is 0.456. The van der Waals surface area contributed by atoms with Crippen LogP contribution in [0.3, 0.4) is 0 Å². The predicted octanol–water partition coefficient (Wildman–Crippen LogP) is 2.31. The molecule has 1 unspecified atom stereocenters. The number of aryl methyl sites for hydroxylation is 1. The van der Waals surface area contributed by atoms with Crippen LogP contribution in [-0.2, 0) is 0 Å². The lowest BCUT2D eigenvalue weighted by Crippen LogP contribution is -2.23. The van der Waals surface area contributed by atoms with Gasteiger partial charge in [-0.25, -0.2) is 4.98 Å². The molecule has 2 aromatic heterocycles. The van der Waals surface area contributed by atoms with E-state index < -0.39 is 0 Å². The molecule has 1 saturated heterocycles. The van der Waals surface area contributed by atoms with Crippen LogP contribution in [0.4, 0.5) is 5.82 Å². The maximum atomic E-state index is 4.59. The van der Waals surface area contributed by atoms with Gasteiger partial charge in [-0.1, -0.05) is 0 Å². The zero-order chi connectivity index (χ0) is 13.5. The summed E-state index contributed by atoms with van der Waals surface area (Å²) in [6.07, 6.45) is 11.4. The highest BCUT2D eigenvalue weighted by atomic mass is 15.3. The van der Waals surface area contributed by atoms with Gasteiger partial charge in [0.15, 0.2) is 5.82 Å². The Bertz CT molecular complexity index is 616. The minimum Gasteiger partial charge on any atom is -0.353 e. The molecule has 5 heteroatoms. The quantitative estimate of drug-likeness (QED) is 0.858. The highest BCUT2D eigenvalue weighted by Gasteiger charge is 2.33. The van der Waals surface area contributed by atoms with Gasteiger partial charge < -0.3 is 4.90 Å². The van der Waals surface area contributed by atoms with Gasteiger partial charge in [0.25, 0.3) is 0 Å². The zero-order valence-electron chi connectivity index (χ0n) is 11.7. The van der Waals surface area contributed by atoms with E-state index >= 15 is 0 Å². The van der Waals surface area contributed by atoms with Crippen LogP contribution >= 0.6 is 0 Å². The average Bonchev–Trinajstić information content (AvgIpc) is 3.04. The molecule has 1 saturated carbocycles. The van der Waals surface area contributed by atoms with Crippen LogP contribution in [-0.4, -0.2) is 32.8 Å². The number of aromatic nitrogens is 4. The highest BCUT2D eigenvalue weighted by Crippen LogP contribution is 2.43. The van der Waals surface area contributed by atoms with Crippen LogP contribution < -0.4 is 4.90 Å². The number of hydrogen-bond donors (Lipinski definition) is 0. The second-order valence-corrected chi connectivity index (χ2v) is 5.93. The molecule has 4 rings (SSSR count). The van der Waals surface area contributed by atoms with Gasteiger partial charge in [0.2, 0.25) is 0 Å². The molecule has 1 aliphatic heterocycles. The van der Waals surface area contributed by atoms with Gasteiger partial charge in [-0.15, -0.1) is 0 Å². The average molecular weight is 269 g/mol. The number of nitrogens with zero attached hydrogens (tertiary/aromatic N) is 5. The standard InChI is InChI=1S/C15H19N5/c1-11-8-18-20(9-11)13-4-7-19(10-13)15-14(12-2-3-12)16-5-6-17-15/h5-6,8-9,12-13H,2-4,7,10H2,1H3. The molecule has 20 heavy (non-hydrogen) atoms. The number of anilines is 1. The van der Waals surface area contributed by atoms with E-state index in [4.69, 9.17) is 0 Å². The third-order valence-corrected chi connectivity index (χ3v) is 4.24. The van der Waals surface area contributed by atoms with Crippen molar-refractivity contribution in [3.63, 3.8) is 0 Å². The Morgan fingerprint density at radius 1 is 1.15 bits per heavy atom. The Labute approximate surface area is 118 Å². The molecule has 2 fully saturated rings. The van der Waals surface area contributed by atoms with Crippen LogP contribution in [0.25, 0.3) is 0 Å². The number of rotatable bonds is 3. The van der Waals surface area contributed by atoms with E-state index in [-0.39, 0.29) is 0 Å². The Kier molecular flexibility index (Phi) is 2.72. The van der Waals surface area contributed by atoms with Gasteiger partial charge in [0.05, 0.1) is 17.9 Å². The maximum absolute atomic E-state index is 4.59. The highest BCUT2D eigenvalue weighted by molar-refractivity contribution is 5.47. The topological polar surface area (TPSA) is 46.8 Å². The summed E-state index contributed by atoms with van der Waals surface area (Å²) >= 11 is 0. The van der Waals surface area contributed by atoms with Crippen molar-refractivity contribution in [3.05, 3.63) is 36.0 Å². The summed E-state index contributed by atoms with van der Waals surface area (Å²) in [4.78, 5) is 11.5. The Morgan fingerprint density at radius 2 is 2.00 bits per heavy atom. The molecule has 2 aliphatic rings. The third kappa shape index (κ3) is 2.07. The second-order valence-electron chi connectivity index (χ2n) is 5.93. The first-order valence-corrected chi connectivity index (χ1v) is 7.38. The van der Waals surface area contributed by atoms with Gasteiger partial charge >= 0.3 is 0 Å².